The monoisotopic (exact) mass is 371 g/mol. The maximum atomic E-state index is 12.2. The van der Waals surface area contributed by atoms with Crippen molar-refractivity contribution in [1.82, 2.24) is 4.90 Å². The predicted molar refractivity (Wildman–Crippen MR) is 86.0 cm³/mol. The van der Waals surface area contributed by atoms with Crippen molar-refractivity contribution >= 4 is 62.2 Å². The van der Waals surface area contributed by atoms with Crippen LogP contribution < -0.4 is 0 Å². The van der Waals surface area contributed by atoms with E-state index in [0.29, 0.717) is 9.23 Å². The Balaban J connectivity index is 2.21. The van der Waals surface area contributed by atoms with Gasteiger partial charge in [-0.25, -0.2) is 0 Å². The minimum absolute atomic E-state index is 0.156. The lowest BCUT2D eigenvalue weighted by Crippen LogP contribution is -2.33. The standard InChI is InChI=1S/C13H10BrNO3S2/c1-18-11(16)7-15-12(17)10(20-13(15)19)6-8-3-2-4-9(14)5-8/h2-6H,7H2,1H3/b10-6-. The zero-order valence-corrected chi connectivity index (χ0v) is 13.7. The van der Waals surface area contributed by atoms with Crippen molar-refractivity contribution < 1.29 is 14.3 Å². The Labute approximate surface area is 134 Å². The van der Waals surface area contributed by atoms with Gasteiger partial charge in [-0.15, -0.1) is 0 Å². The van der Waals surface area contributed by atoms with Gasteiger partial charge in [-0.3, -0.25) is 14.5 Å². The quantitative estimate of drug-likeness (QED) is 0.464. The van der Waals surface area contributed by atoms with Crippen molar-refractivity contribution in [1.29, 1.82) is 0 Å². The lowest BCUT2D eigenvalue weighted by Gasteiger charge is -2.11. The number of hydrogen-bond donors (Lipinski definition) is 0. The summed E-state index contributed by atoms with van der Waals surface area (Å²) in [6.07, 6.45) is 1.75. The predicted octanol–water partition coefficient (Wildman–Crippen LogP) is 2.82. The Bertz CT molecular complexity index is 615. The van der Waals surface area contributed by atoms with Crippen molar-refractivity contribution in [2.45, 2.75) is 0 Å². The summed E-state index contributed by atoms with van der Waals surface area (Å²) < 4.78 is 5.84. The molecule has 1 aliphatic rings. The van der Waals surface area contributed by atoms with Crippen LogP contribution in [0.15, 0.2) is 33.6 Å². The van der Waals surface area contributed by atoms with Crippen molar-refractivity contribution in [3.05, 3.63) is 39.2 Å². The van der Waals surface area contributed by atoms with Crippen LogP contribution in [-0.4, -0.2) is 34.8 Å². The number of amides is 1. The van der Waals surface area contributed by atoms with Crippen LogP contribution in [0.5, 0.6) is 0 Å². The van der Waals surface area contributed by atoms with Gasteiger partial charge < -0.3 is 4.74 Å². The number of ether oxygens (including phenoxy) is 1. The number of hydrogen-bond acceptors (Lipinski definition) is 5. The lowest BCUT2D eigenvalue weighted by atomic mass is 10.2. The van der Waals surface area contributed by atoms with Crippen LogP contribution in [0, 0.1) is 0 Å². The summed E-state index contributed by atoms with van der Waals surface area (Å²) in [5, 5.41) is 0. The Kier molecular flexibility index (Phi) is 4.95. The maximum Gasteiger partial charge on any atom is 0.325 e. The highest BCUT2D eigenvalue weighted by Gasteiger charge is 2.33. The van der Waals surface area contributed by atoms with Gasteiger partial charge in [0.1, 0.15) is 10.9 Å². The number of nitrogens with zero attached hydrogens (tertiary/aromatic N) is 1. The SMILES string of the molecule is COC(=O)CN1C(=O)/C(=C/c2cccc(Br)c2)SC1=S. The fourth-order valence-electron chi connectivity index (χ4n) is 1.58. The van der Waals surface area contributed by atoms with Crippen molar-refractivity contribution in [2.75, 3.05) is 13.7 Å². The second-order valence-corrected chi connectivity index (χ2v) is 6.49. The third-order valence-corrected chi connectivity index (χ3v) is 4.41. The zero-order valence-electron chi connectivity index (χ0n) is 10.5. The summed E-state index contributed by atoms with van der Waals surface area (Å²) in [4.78, 5) is 25.2. The van der Waals surface area contributed by atoms with E-state index < -0.39 is 5.97 Å². The molecular formula is C13H10BrNO3S2. The molecule has 1 amide bonds. The van der Waals surface area contributed by atoms with Gasteiger partial charge in [-0.05, 0) is 23.8 Å². The maximum absolute atomic E-state index is 12.2. The molecule has 1 heterocycles. The highest BCUT2D eigenvalue weighted by atomic mass is 79.9. The molecule has 0 aromatic heterocycles. The van der Waals surface area contributed by atoms with Crippen LogP contribution in [0.2, 0.25) is 0 Å². The first-order chi connectivity index (χ1) is 9.51. The average Bonchev–Trinajstić information content (AvgIpc) is 2.66. The molecule has 0 radical (unpaired) electrons. The molecule has 20 heavy (non-hydrogen) atoms. The largest absolute Gasteiger partial charge is 0.468 e. The van der Waals surface area contributed by atoms with Crippen molar-refractivity contribution in [2.24, 2.45) is 0 Å². The summed E-state index contributed by atoms with van der Waals surface area (Å²) in [5.74, 6) is -0.768. The molecule has 4 nitrogen and oxygen atoms in total. The van der Waals surface area contributed by atoms with E-state index in [9.17, 15) is 9.59 Å². The number of carbonyl (C=O) groups is 2. The molecule has 0 N–H and O–H groups in total. The molecule has 0 saturated carbocycles. The number of thioether (sulfide) groups is 1. The fraction of sp³-hybridized carbons (Fsp3) is 0.154. The molecule has 2 rings (SSSR count). The average molecular weight is 372 g/mol. The van der Waals surface area contributed by atoms with E-state index in [2.05, 4.69) is 20.7 Å². The first-order valence-electron chi connectivity index (χ1n) is 5.59. The molecule has 0 spiro atoms. The number of rotatable bonds is 3. The molecule has 1 fully saturated rings. The van der Waals surface area contributed by atoms with Crippen LogP contribution in [0.4, 0.5) is 0 Å². The number of carbonyl (C=O) groups excluding carboxylic acids is 2. The number of methoxy groups -OCH3 is 1. The summed E-state index contributed by atoms with van der Waals surface area (Å²) in [6, 6.07) is 7.56. The number of benzene rings is 1. The Morgan fingerprint density at radius 2 is 2.30 bits per heavy atom. The third-order valence-electron chi connectivity index (χ3n) is 2.53. The zero-order chi connectivity index (χ0) is 14.7. The first-order valence-corrected chi connectivity index (χ1v) is 7.61. The van der Waals surface area contributed by atoms with Gasteiger partial charge in [0.25, 0.3) is 5.91 Å². The van der Waals surface area contributed by atoms with Crippen LogP contribution in [0.1, 0.15) is 5.56 Å². The Hall–Kier alpha value is -1.18. The van der Waals surface area contributed by atoms with E-state index in [1.54, 1.807) is 6.08 Å². The number of esters is 1. The van der Waals surface area contributed by atoms with Gasteiger partial charge in [0.05, 0.1) is 12.0 Å². The molecular weight excluding hydrogens is 362 g/mol. The van der Waals surface area contributed by atoms with Gasteiger partial charge in [0.15, 0.2) is 0 Å². The van der Waals surface area contributed by atoms with Gasteiger partial charge >= 0.3 is 5.97 Å². The minimum atomic E-state index is -0.495. The van der Waals surface area contributed by atoms with E-state index in [1.165, 1.54) is 23.8 Å². The molecule has 104 valence electrons. The smallest absolute Gasteiger partial charge is 0.325 e. The van der Waals surface area contributed by atoms with Gasteiger partial charge in [-0.2, -0.15) is 0 Å². The van der Waals surface area contributed by atoms with Crippen LogP contribution in [0.3, 0.4) is 0 Å². The first kappa shape index (κ1) is 15.2. The highest BCUT2D eigenvalue weighted by molar-refractivity contribution is 9.10. The molecule has 1 aliphatic heterocycles. The lowest BCUT2D eigenvalue weighted by molar-refractivity contribution is -0.143. The molecule has 0 unspecified atom stereocenters. The van der Waals surface area contributed by atoms with Gasteiger partial charge in [0.2, 0.25) is 0 Å². The Morgan fingerprint density at radius 1 is 1.55 bits per heavy atom. The summed E-state index contributed by atoms with van der Waals surface area (Å²) in [7, 11) is 1.28. The second-order valence-electron chi connectivity index (χ2n) is 3.90. The molecule has 0 atom stereocenters. The minimum Gasteiger partial charge on any atom is -0.468 e. The normalized spacial score (nSPS) is 16.9. The molecule has 1 aromatic rings. The topological polar surface area (TPSA) is 46.6 Å². The molecule has 0 aliphatic carbocycles. The summed E-state index contributed by atoms with van der Waals surface area (Å²) >= 11 is 9.67. The van der Waals surface area contributed by atoms with Gasteiger partial charge in [-0.1, -0.05) is 52.0 Å². The highest BCUT2D eigenvalue weighted by Crippen LogP contribution is 2.32. The van der Waals surface area contributed by atoms with Crippen molar-refractivity contribution in [3.8, 4) is 0 Å². The molecule has 1 saturated heterocycles. The third kappa shape index (κ3) is 3.47. The Morgan fingerprint density at radius 3 is 2.95 bits per heavy atom. The molecule has 1 aromatic carbocycles. The fourth-order valence-corrected chi connectivity index (χ4v) is 3.25. The van der Waals surface area contributed by atoms with Crippen molar-refractivity contribution in [3.63, 3.8) is 0 Å². The van der Waals surface area contributed by atoms with Crippen LogP contribution in [0.25, 0.3) is 6.08 Å². The van der Waals surface area contributed by atoms with E-state index >= 15 is 0 Å². The van der Waals surface area contributed by atoms with E-state index in [0.717, 1.165) is 10.0 Å². The van der Waals surface area contributed by atoms with Crippen LogP contribution in [-0.2, 0) is 14.3 Å². The van der Waals surface area contributed by atoms with E-state index in [-0.39, 0.29) is 12.5 Å². The van der Waals surface area contributed by atoms with E-state index in [1.807, 2.05) is 24.3 Å². The van der Waals surface area contributed by atoms with Gasteiger partial charge in [0, 0.05) is 4.47 Å². The molecule has 0 bridgehead atoms. The van der Waals surface area contributed by atoms with Crippen LogP contribution >= 0.6 is 39.9 Å². The summed E-state index contributed by atoms with van der Waals surface area (Å²) in [5.41, 5.74) is 0.887. The number of thiocarbonyl (C=S) groups is 1. The number of halogens is 1. The second kappa shape index (κ2) is 6.51. The van der Waals surface area contributed by atoms with E-state index in [4.69, 9.17) is 12.2 Å². The summed E-state index contributed by atoms with van der Waals surface area (Å²) in [6.45, 7) is -0.156. The molecule has 7 heteroatoms.